The van der Waals surface area contributed by atoms with Crippen LogP contribution in [0.5, 0.6) is 0 Å². The fourth-order valence-corrected chi connectivity index (χ4v) is 11.4. The molecule has 0 radical (unpaired) electrons. The van der Waals surface area contributed by atoms with E-state index in [0.717, 1.165) is 24.3 Å². The van der Waals surface area contributed by atoms with Crippen LogP contribution >= 0.6 is 50.8 Å². The summed E-state index contributed by atoms with van der Waals surface area (Å²) < 4.78 is 143. The minimum Gasteiger partial charge on any atom is -0.0622 e. The average molecular weight is 1330 g/mol. The second kappa shape index (κ2) is 33.0. The summed E-state index contributed by atoms with van der Waals surface area (Å²) in [5, 5.41) is 25.8. The Morgan fingerprint density at radius 3 is 0.886 bits per heavy atom. The summed E-state index contributed by atoms with van der Waals surface area (Å²) in [5.41, 5.74) is -3.56. The molecule has 0 amide bonds. The van der Waals surface area contributed by atoms with E-state index in [9.17, 15) is 52.7 Å². The van der Waals surface area contributed by atoms with Gasteiger partial charge in [0.05, 0.1) is 21.2 Å². The van der Waals surface area contributed by atoms with Crippen LogP contribution < -0.4 is 37.3 Å². The number of hydrogen-bond acceptors (Lipinski definition) is 2. The second-order valence-corrected chi connectivity index (χ2v) is 24.0. The van der Waals surface area contributed by atoms with E-state index in [1.807, 2.05) is 0 Å². The maximum absolute atomic E-state index is 12.4. The van der Waals surface area contributed by atoms with Gasteiger partial charge in [0.1, 0.15) is 0 Å². The Kier molecular flexibility index (Phi) is 28.5. The van der Waals surface area contributed by atoms with Crippen molar-refractivity contribution in [2.75, 3.05) is 0 Å². The van der Waals surface area contributed by atoms with Gasteiger partial charge < -0.3 is 10.0 Å². The third-order valence-electron chi connectivity index (χ3n) is 10.2. The molecule has 0 saturated carbocycles. The Morgan fingerprint density at radius 1 is 0.430 bits per heavy atom. The summed E-state index contributed by atoms with van der Waals surface area (Å²) in [6.07, 6.45) is -18.2. The predicted molar refractivity (Wildman–Crippen MR) is 303 cm³/mol. The molecular weight excluding hydrogens is 1290 g/mol. The van der Waals surface area contributed by atoms with Gasteiger partial charge in [-0.25, -0.2) is 0 Å². The van der Waals surface area contributed by atoms with E-state index in [2.05, 4.69) is 211 Å². The first kappa shape index (κ1) is 68.2. The molecule has 8 aromatic carbocycles. The summed E-state index contributed by atoms with van der Waals surface area (Å²) >= 11 is 2.07. The molecule has 0 aliphatic heterocycles. The van der Waals surface area contributed by atoms with E-state index < -0.39 is 74.4 Å². The molecule has 0 unspecified atom stereocenters. The predicted octanol–water partition coefficient (Wildman–Crippen LogP) is 16.0. The molecule has 0 atom stereocenters. The van der Waals surface area contributed by atoms with Crippen LogP contribution in [-0.4, -0.2) is 29.5 Å². The zero-order chi connectivity index (χ0) is 59.0. The third kappa shape index (κ3) is 24.3. The second-order valence-electron chi connectivity index (χ2n) is 16.2. The van der Waals surface area contributed by atoms with E-state index in [0.29, 0.717) is 11.6 Å². The van der Waals surface area contributed by atoms with Crippen molar-refractivity contribution < 1.29 is 78.7 Å². The summed E-state index contributed by atoms with van der Waals surface area (Å²) in [6, 6.07) is 69.9. The van der Waals surface area contributed by atoms with Gasteiger partial charge in [-0.15, -0.1) is 0 Å². The first-order chi connectivity index (χ1) is 37.1. The molecule has 0 bridgehead atoms. The van der Waals surface area contributed by atoms with Gasteiger partial charge in [-0.1, -0.05) is 219 Å². The van der Waals surface area contributed by atoms with Crippen LogP contribution in [0.2, 0.25) is 0 Å². The van der Waals surface area contributed by atoms with Gasteiger partial charge in [0, 0.05) is 0 Å². The van der Waals surface area contributed by atoms with Crippen molar-refractivity contribution in [2.45, 2.75) is 38.6 Å². The van der Waals surface area contributed by atoms with E-state index in [1.165, 1.54) is 51.7 Å². The van der Waals surface area contributed by atoms with E-state index in [1.54, 1.807) is 0 Å². The van der Waals surface area contributed by atoms with Crippen molar-refractivity contribution in [1.82, 2.24) is 0 Å². The minimum absolute atomic E-state index is 0.0974. The Morgan fingerprint density at radius 2 is 0.671 bits per heavy atom. The van der Waals surface area contributed by atoms with Crippen LogP contribution in [0.4, 0.5) is 52.7 Å². The smallest absolute Gasteiger partial charge is 0.0134 e. The molecule has 21 heteroatoms. The van der Waals surface area contributed by atoms with Gasteiger partial charge in [0.15, 0.2) is 0 Å². The molecule has 0 saturated heterocycles. The van der Waals surface area contributed by atoms with E-state index in [4.69, 9.17) is 29.1 Å². The minimum atomic E-state index is -4.74. The van der Waals surface area contributed by atoms with Crippen LogP contribution in [0.3, 0.4) is 0 Å². The SMILES string of the molecule is C=C(Br)C(F)(F)F.C=C(c1cc(C)cc(C(F)(F)F)c1)C(F)(F)F.Cc1cc(B(O)O)cc(C(F)(F)F)c1.[Cl][Pd][Cl].c1ccc(P(c2ccccc2)c2ccccc2)cc1.c1ccc(P(c2ccccc2)c2ccccc2)cc1. The Bertz CT molecular complexity index is 2750. The van der Waals surface area contributed by atoms with Gasteiger partial charge in [0.2, 0.25) is 0 Å². The normalized spacial score (nSPS) is 11.2. The molecule has 0 aliphatic rings. The van der Waals surface area contributed by atoms with Crippen molar-refractivity contribution in [3.8, 4) is 0 Å². The number of allylic oxidation sites excluding steroid dienone is 2. The topological polar surface area (TPSA) is 40.5 Å². The first-order valence-electron chi connectivity index (χ1n) is 22.7. The number of hydrogen-bond donors (Lipinski definition) is 2. The van der Waals surface area contributed by atoms with Crippen LogP contribution in [0.25, 0.3) is 5.57 Å². The van der Waals surface area contributed by atoms with Crippen LogP contribution in [0.15, 0.2) is 236 Å². The van der Waals surface area contributed by atoms with Crippen LogP contribution in [-0.2, 0) is 28.3 Å². The first-order valence-corrected chi connectivity index (χ1v) is 30.2. The van der Waals surface area contributed by atoms with Crippen LogP contribution in [0.1, 0.15) is 27.8 Å². The number of benzene rings is 8. The molecule has 8 rings (SSSR count). The van der Waals surface area contributed by atoms with Crippen molar-refractivity contribution in [3.63, 3.8) is 0 Å². The van der Waals surface area contributed by atoms with Crippen molar-refractivity contribution in [2.24, 2.45) is 0 Å². The quantitative estimate of drug-likeness (QED) is 0.0904. The largest absolute Gasteiger partial charge is 0.0622 e. The van der Waals surface area contributed by atoms with E-state index in [-0.39, 0.29) is 27.0 Å². The number of rotatable bonds is 8. The Labute approximate surface area is 478 Å². The van der Waals surface area contributed by atoms with Crippen molar-refractivity contribution in [1.29, 1.82) is 0 Å². The zero-order valence-electron chi connectivity index (χ0n) is 41.6. The Balaban J connectivity index is 0.000000263. The molecule has 0 aromatic heterocycles. The monoisotopic (exact) mass is 1330 g/mol. The van der Waals surface area contributed by atoms with E-state index >= 15 is 0 Å². The van der Waals surface area contributed by atoms with Gasteiger partial charge in [-0.3, -0.25) is 0 Å². The Hall–Kier alpha value is -5.03. The van der Waals surface area contributed by atoms with Crippen molar-refractivity contribution in [3.05, 3.63) is 264 Å². The maximum Gasteiger partial charge on any atom is -0.0134 e. The fourth-order valence-electron chi connectivity index (χ4n) is 6.77. The zero-order valence-corrected chi connectivity index (χ0v) is 48.0. The molecule has 0 heterocycles. The average Bonchev–Trinajstić information content (AvgIpc) is 3.43. The summed E-state index contributed by atoms with van der Waals surface area (Å²) in [4.78, 5) is 0. The molecule has 0 aliphatic carbocycles. The summed E-state index contributed by atoms with van der Waals surface area (Å²) in [6.45, 7) is 8.14. The number of halogens is 15. The standard InChI is InChI=1S/2C18H15P.C11H8F6.C8H8BF3O2.C3H2BrF3.2ClH.Pd/c2*1-4-10-16(11-5-1)19(17-12-6-2-7-13-17)18-14-8-3-9-15-18;1-6-3-8(7(2)10(12,13)14)5-9(4-6)11(15,16)17;1-5-2-6(8(10,11)12)4-7(3-5)9(13)14;1-2(4)3(5,6)7;;;/h2*1-15H;3-5H,2H2,1H3;2-4,13-14H,1H3;1H2;2*1H;/q;;;;;;;+2/p-2. The molecule has 8 aromatic rings. The number of alkyl halides is 12. The molecule has 2 nitrogen and oxygen atoms in total. The molecule has 79 heavy (non-hydrogen) atoms. The summed E-state index contributed by atoms with van der Waals surface area (Å²) in [5.74, 6) is 0. The molecule has 0 spiro atoms. The third-order valence-corrected chi connectivity index (χ3v) is 15.6. The van der Waals surface area contributed by atoms with Gasteiger partial charge >= 0.3 is 66.8 Å². The van der Waals surface area contributed by atoms with Gasteiger partial charge in [0.25, 0.3) is 0 Å². The van der Waals surface area contributed by atoms with Crippen LogP contribution in [0, 0.1) is 13.8 Å². The molecule has 0 fully saturated rings. The molecule has 420 valence electrons. The fraction of sp³-hybridized carbons (Fsp3) is 0.103. The van der Waals surface area contributed by atoms with Crippen molar-refractivity contribution >= 4 is 101 Å². The van der Waals surface area contributed by atoms with Gasteiger partial charge in [-0.05, 0) is 112 Å². The molecule has 2 N–H and O–H groups in total. The number of aryl methyl sites for hydroxylation is 2. The maximum atomic E-state index is 12.4. The summed E-state index contributed by atoms with van der Waals surface area (Å²) in [7, 11) is 6.86. The van der Waals surface area contributed by atoms with Gasteiger partial charge in [-0.2, -0.15) is 52.7 Å². The molecular formula is C58H48BBrCl2F12O2P2Pd.